The van der Waals surface area contributed by atoms with Crippen molar-refractivity contribution < 1.29 is 14.7 Å². The van der Waals surface area contributed by atoms with Crippen LogP contribution < -0.4 is 10.6 Å². The SMILES string of the molecule is Cc1cc(NC(=O)NC(C)(C)C)sc1C(=O)O. The molecule has 0 saturated carbocycles. The zero-order valence-electron chi connectivity index (χ0n) is 10.2. The Kier molecular flexibility index (Phi) is 3.77. The molecule has 0 bridgehead atoms. The Morgan fingerprint density at radius 3 is 2.35 bits per heavy atom. The number of carboxylic acid groups (broad SMARTS) is 1. The number of carbonyl (C=O) groups excluding carboxylic acids is 1. The van der Waals surface area contributed by atoms with E-state index >= 15 is 0 Å². The first-order valence-electron chi connectivity index (χ1n) is 5.12. The summed E-state index contributed by atoms with van der Waals surface area (Å²) in [6.45, 7) is 7.31. The lowest BCUT2D eigenvalue weighted by Gasteiger charge is -2.20. The highest BCUT2D eigenvalue weighted by atomic mass is 32.1. The molecule has 1 heterocycles. The fraction of sp³-hybridized carbons (Fsp3) is 0.455. The van der Waals surface area contributed by atoms with E-state index in [1.807, 2.05) is 20.8 Å². The van der Waals surface area contributed by atoms with Crippen LogP contribution in [0.4, 0.5) is 9.80 Å². The van der Waals surface area contributed by atoms with Crippen molar-refractivity contribution in [3.8, 4) is 0 Å². The molecule has 1 rings (SSSR count). The van der Waals surface area contributed by atoms with Gasteiger partial charge in [0.2, 0.25) is 0 Å². The maximum atomic E-state index is 11.6. The lowest BCUT2D eigenvalue weighted by molar-refractivity contribution is 0.0701. The zero-order valence-corrected chi connectivity index (χ0v) is 11.1. The number of aryl methyl sites for hydroxylation is 1. The van der Waals surface area contributed by atoms with Gasteiger partial charge in [-0.2, -0.15) is 0 Å². The van der Waals surface area contributed by atoms with Crippen LogP contribution in [0.5, 0.6) is 0 Å². The fourth-order valence-corrected chi connectivity index (χ4v) is 2.15. The summed E-state index contributed by atoms with van der Waals surface area (Å²) < 4.78 is 0. The highest BCUT2D eigenvalue weighted by molar-refractivity contribution is 7.18. The first-order valence-corrected chi connectivity index (χ1v) is 5.93. The second kappa shape index (κ2) is 4.75. The van der Waals surface area contributed by atoms with Crippen LogP contribution in [0.1, 0.15) is 36.0 Å². The molecule has 1 aromatic rings. The van der Waals surface area contributed by atoms with Gasteiger partial charge in [-0.05, 0) is 39.3 Å². The third-order valence-corrected chi connectivity index (χ3v) is 2.98. The van der Waals surface area contributed by atoms with E-state index in [9.17, 15) is 9.59 Å². The smallest absolute Gasteiger partial charge is 0.346 e. The van der Waals surface area contributed by atoms with Gasteiger partial charge in [-0.1, -0.05) is 0 Å². The molecule has 0 aliphatic rings. The van der Waals surface area contributed by atoms with Gasteiger partial charge in [-0.3, -0.25) is 5.32 Å². The summed E-state index contributed by atoms with van der Waals surface area (Å²) in [6.07, 6.45) is 0. The van der Waals surface area contributed by atoms with E-state index in [0.717, 1.165) is 11.3 Å². The predicted octanol–water partition coefficient (Wildman–Crippen LogP) is 2.67. The molecule has 0 spiro atoms. The number of rotatable bonds is 2. The van der Waals surface area contributed by atoms with Crippen LogP contribution in [-0.2, 0) is 0 Å². The number of hydrogen-bond donors (Lipinski definition) is 3. The molecule has 0 radical (unpaired) electrons. The molecule has 0 atom stereocenters. The first kappa shape index (κ1) is 13.5. The minimum Gasteiger partial charge on any atom is -0.477 e. The number of anilines is 1. The number of amides is 2. The van der Waals surface area contributed by atoms with Crippen molar-refractivity contribution in [1.29, 1.82) is 0 Å². The van der Waals surface area contributed by atoms with Crippen LogP contribution in [-0.4, -0.2) is 22.6 Å². The second-order valence-electron chi connectivity index (χ2n) is 4.76. The number of carboxylic acids is 1. The Morgan fingerprint density at radius 1 is 1.35 bits per heavy atom. The van der Waals surface area contributed by atoms with Gasteiger partial charge in [-0.25, -0.2) is 9.59 Å². The molecule has 2 amide bonds. The van der Waals surface area contributed by atoms with E-state index in [-0.39, 0.29) is 16.4 Å². The van der Waals surface area contributed by atoms with Crippen LogP contribution in [0.15, 0.2) is 6.07 Å². The van der Waals surface area contributed by atoms with Gasteiger partial charge in [0, 0.05) is 5.54 Å². The van der Waals surface area contributed by atoms with Crippen molar-refractivity contribution in [2.75, 3.05) is 5.32 Å². The highest BCUT2D eigenvalue weighted by Gasteiger charge is 2.16. The summed E-state index contributed by atoms with van der Waals surface area (Å²) >= 11 is 1.05. The number of aromatic carboxylic acids is 1. The summed E-state index contributed by atoms with van der Waals surface area (Å²) in [5, 5.41) is 14.8. The van der Waals surface area contributed by atoms with E-state index in [0.29, 0.717) is 10.6 Å². The van der Waals surface area contributed by atoms with E-state index in [1.165, 1.54) is 0 Å². The number of urea groups is 1. The maximum Gasteiger partial charge on any atom is 0.346 e. The molecule has 0 unspecified atom stereocenters. The zero-order chi connectivity index (χ0) is 13.2. The largest absolute Gasteiger partial charge is 0.477 e. The van der Waals surface area contributed by atoms with Gasteiger partial charge in [0.05, 0.1) is 5.00 Å². The highest BCUT2D eigenvalue weighted by Crippen LogP contribution is 2.26. The van der Waals surface area contributed by atoms with Crippen molar-refractivity contribution >= 4 is 28.3 Å². The molecular weight excluding hydrogens is 240 g/mol. The molecular formula is C11H16N2O3S. The van der Waals surface area contributed by atoms with E-state index < -0.39 is 5.97 Å². The van der Waals surface area contributed by atoms with Crippen molar-refractivity contribution in [2.24, 2.45) is 0 Å². The summed E-state index contributed by atoms with van der Waals surface area (Å²) in [7, 11) is 0. The van der Waals surface area contributed by atoms with Gasteiger partial charge in [0.25, 0.3) is 0 Å². The van der Waals surface area contributed by atoms with Crippen LogP contribution in [0.2, 0.25) is 0 Å². The molecule has 0 fully saturated rings. The van der Waals surface area contributed by atoms with Crippen LogP contribution >= 0.6 is 11.3 Å². The van der Waals surface area contributed by atoms with Crippen molar-refractivity contribution in [3.05, 3.63) is 16.5 Å². The van der Waals surface area contributed by atoms with Crippen molar-refractivity contribution in [2.45, 2.75) is 33.2 Å². The maximum absolute atomic E-state index is 11.6. The number of hydrogen-bond acceptors (Lipinski definition) is 3. The first-order chi connectivity index (χ1) is 7.69. The van der Waals surface area contributed by atoms with Gasteiger partial charge >= 0.3 is 12.0 Å². The molecule has 17 heavy (non-hydrogen) atoms. The monoisotopic (exact) mass is 256 g/mol. The van der Waals surface area contributed by atoms with Gasteiger partial charge in [-0.15, -0.1) is 11.3 Å². The summed E-state index contributed by atoms with van der Waals surface area (Å²) in [5.74, 6) is -0.975. The van der Waals surface area contributed by atoms with E-state index in [1.54, 1.807) is 13.0 Å². The van der Waals surface area contributed by atoms with Gasteiger partial charge in [0.15, 0.2) is 0 Å². The third-order valence-electron chi connectivity index (χ3n) is 1.84. The van der Waals surface area contributed by atoms with E-state index in [2.05, 4.69) is 10.6 Å². The lowest BCUT2D eigenvalue weighted by Crippen LogP contribution is -2.42. The summed E-state index contributed by atoms with van der Waals surface area (Å²) in [5.41, 5.74) is 0.319. The predicted molar refractivity (Wildman–Crippen MR) is 67.9 cm³/mol. The number of thiophene rings is 1. The topological polar surface area (TPSA) is 78.4 Å². The molecule has 0 aliphatic heterocycles. The van der Waals surface area contributed by atoms with Crippen molar-refractivity contribution in [3.63, 3.8) is 0 Å². The van der Waals surface area contributed by atoms with Crippen molar-refractivity contribution in [1.82, 2.24) is 5.32 Å². The minimum absolute atomic E-state index is 0.246. The average molecular weight is 256 g/mol. The molecule has 1 aromatic heterocycles. The second-order valence-corrected chi connectivity index (χ2v) is 5.81. The standard InChI is InChI=1S/C11H16N2O3S/c1-6-5-7(17-8(6)9(14)15)12-10(16)13-11(2,3)4/h5H,1-4H3,(H,14,15)(H2,12,13,16). The summed E-state index contributed by atoms with van der Waals surface area (Å²) in [4.78, 5) is 22.6. The Bertz CT molecular complexity index is 446. The fourth-order valence-electron chi connectivity index (χ4n) is 1.24. The van der Waals surface area contributed by atoms with Gasteiger partial charge in [0.1, 0.15) is 4.88 Å². The molecule has 94 valence electrons. The van der Waals surface area contributed by atoms with Crippen LogP contribution in [0, 0.1) is 6.92 Å². The Balaban J connectivity index is 2.73. The third kappa shape index (κ3) is 4.07. The Hall–Kier alpha value is -1.56. The Morgan fingerprint density at radius 2 is 1.94 bits per heavy atom. The van der Waals surface area contributed by atoms with E-state index in [4.69, 9.17) is 5.11 Å². The van der Waals surface area contributed by atoms with Crippen LogP contribution in [0.3, 0.4) is 0 Å². The van der Waals surface area contributed by atoms with Crippen LogP contribution in [0.25, 0.3) is 0 Å². The number of carbonyl (C=O) groups is 2. The Labute approximate surface area is 104 Å². The molecule has 0 aliphatic carbocycles. The lowest BCUT2D eigenvalue weighted by atomic mass is 10.1. The number of nitrogens with one attached hydrogen (secondary N) is 2. The normalized spacial score (nSPS) is 11.1. The summed E-state index contributed by atoms with van der Waals surface area (Å²) in [6, 6.07) is 1.31. The molecule has 0 aromatic carbocycles. The molecule has 5 nitrogen and oxygen atoms in total. The molecule has 0 saturated heterocycles. The minimum atomic E-state index is -0.975. The molecule has 3 N–H and O–H groups in total. The van der Waals surface area contributed by atoms with Gasteiger partial charge < -0.3 is 10.4 Å². The molecule has 6 heteroatoms. The quantitative estimate of drug-likeness (QED) is 0.761. The average Bonchev–Trinajstić information content (AvgIpc) is 2.42.